The molecule has 0 aromatic rings. The van der Waals surface area contributed by atoms with Crippen molar-refractivity contribution in [1.82, 2.24) is 0 Å². The van der Waals surface area contributed by atoms with Gasteiger partial charge in [0.2, 0.25) is 0 Å². The minimum absolute atomic E-state index is 0.324. The van der Waals surface area contributed by atoms with Crippen LogP contribution in [0.25, 0.3) is 0 Å². The maximum atomic E-state index is 12.9. The molecule has 0 aromatic carbocycles. The second-order valence-corrected chi connectivity index (χ2v) is 10.1. The van der Waals surface area contributed by atoms with Crippen LogP contribution in [0, 0.1) is 0 Å². The maximum Gasteiger partial charge on any atom is 0.334 e. The molecule has 0 aliphatic rings. The van der Waals surface area contributed by atoms with Crippen molar-refractivity contribution in [3.05, 3.63) is 11.1 Å². The number of unbranched alkanes of at least 4 members (excludes halogenated alkanes) is 17. The Hall–Kier alpha value is -1.32. The quantitative estimate of drug-likeness (QED) is 0.0720. The van der Waals surface area contributed by atoms with Gasteiger partial charge in [-0.05, 0) is 32.6 Å². The molecule has 0 saturated heterocycles. The van der Waals surface area contributed by atoms with Gasteiger partial charge in [-0.15, -0.1) is 0 Å². The standard InChI is InChI=1S/C31H58O4/c1-5-8-11-14-17-18-19-22-25-29(31(33)35-27-24-21-16-13-10-7-3)28(4)30(32)34-26-23-20-15-12-9-6-2/h5-27H2,1-4H3/b29-28-. The van der Waals surface area contributed by atoms with Gasteiger partial charge >= 0.3 is 11.9 Å². The van der Waals surface area contributed by atoms with E-state index in [-0.39, 0.29) is 11.9 Å². The van der Waals surface area contributed by atoms with Crippen LogP contribution in [0.2, 0.25) is 0 Å². The molecule has 0 spiro atoms. The molecule has 4 heteroatoms. The van der Waals surface area contributed by atoms with E-state index in [1.807, 2.05) is 0 Å². The Morgan fingerprint density at radius 2 is 0.800 bits per heavy atom. The molecule has 0 amide bonds. The normalized spacial score (nSPS) is 11.9. The Labute approximate surface area is 218 Å². The van der Waals surface area contributed by atoms with E-state index in [0.29, 0.717) is 30.8 Å². The average Bonchev–Trinajstić information content (AvgIpc) is 2.86. The summed E-state index contributed by atoms with van der Waals surface area (Å²) >= 11 is 0. The molecule has 0 heterocycles. The minimum atomic E-state index is -0.357. The zero-order chi connectivity index (χ0) is 26.0. The summed E-state index contributed by atoms with van der Waals surface area (Å²) < 4.78 is 11.1. The Morgan fingerprint density at radius 1 is 0.457 bits per heavy atom. The van der Waals surface area contributed by atoms with Crippen LogP contribution < -0.4 is 0 Å². The molecule has 4 nitrogen and oxygen atoms in total. The molecule has 0 rings (SSSR count). The zero-order valence-electron chi connectivity index (χ0n) is 23.9. The van der Waals surface area contributed by atoms with Crippen molar-refractivity contribution in [2.45, 2.75) is 163 Å². The fourth-order valence-electron chi connectivity index (χ4n) is 4.29. The first kappa shape index (κ1) is 33.7. The predicted octanol–water partition coefficient (Wildman–Crippen LogP) is 9.64. The van der Waals surface area contributed by atoms with Gasteiger partial charge in [0.25, 0.3) is 0 Å². The van der Waals surface area contributed by atoms with Crippen LogP contribution >= 0.6 is 0 Å². The first-order valence-electron chi connectivity index (χ1n) is 15.1. The number of esters is 2. The zero-order valence-corrected chi connectivity index (χ0v) is 23.9. The monoisotopic (exact) mass is 494 g/mol. The number of hydrogen-bond acceptors (Lipinski definition) is 4. The van der Waals surface area contributed by atoms with Crippen molar-refractivity contribution in [2.24, 2.45) is 0 Å². The van der Waals surface area contributed by atoms with Crippen LogP contribution in [0.15, 0.2) is 11.1 Å². The highest BCUT2D eigenvalue weighted by atomic mass is 16.5. The molecule has 0 atom stereocenters. The number of carbonyl (C=O) groups excluding carboxylic acids is 2. The van der Waals surface area contributed by atoms with Gasteiger partial charge in [-0.2, -0.15) is 0 Å². The third-order valence-electron chi connectivity index (χ3n) is 6.75. The molecular weight excluding hydrogens is 436 g/mol. The van der Waals surface area contributed by atoms with E-state index in [4.69, 9.17) is 9.47 Å². The summed E-state index contributed by atoms with van der Waals surface area (Å²) in [7, 11) is 0. The first-order valence-corrected chi connectivity index (χ1v) is 15.1. The van der Waals surface area contributed by atoms with E-state index in [9.17, 15) is 9.59 Å². The van der Waals surface area contributed by atoms with E-state index in [2.05, 4.69) is 20.8 Å². The third-order valence-corrected chi connectivity index (χ3v) is 6.75. The van der Waals surface area contributed by atoms with E-state index in [1.54, 1.807) is 6.92 Å². The van der Waals surface area contributed by atoms with Crippen molar-refractivity contribution >= 4 is 11.9 Å². The first-order chi connectivity index (χ1) is 17.1. The van der Waals surface area contributed by atoms with Gasteiger partial charge in [-0.3, -0.25) is 0 Å². The topological polar surface area (TPSA) is 52.6 Å². The van der Waals surface area contributed by atoms with Crippen molar-refractivity contribution in [3.63, 3.8) is 0 Å². The molecule has 0 aromatic heterocycles. The molecule has 0 unspecified atom stereocenters. The number of rotatable bonds is 25. The predicted molar refractivity (Wildman–Crippen MR) is 149 cm³/mol. The van der Waals surface area contributed by atoms with E-state index in [1.165, 1.54) is 89.9 Å². The molecule has 0 fully saturated rings. The largest absolute Gasteiger partial charge is 0.462 e. The Morgan fingerprint density at radius 3 is 1.23 bits per heavy atom. The molecule has 0 bridgehead atoms. The Bertz CT molecular complexity index is 538. The Balaban J connectivity index is 4.60. The van der Waals surface area contributed by atoms with E-state index >= 15 is 0 Å². The van der Waals surface area contributed by atoms with Gasteiger partial charge in [0.1, 0.15) is 0 Å². The lowest BCUT2D eigenvalue weighted by Gasteiger charge is -2.13. The van der Waals surface area contributed by atoms with Gasteiger partial charge in [-0.25, -0.2) is 9.59 Å². The smallest absolute Gasteiger partial charge is 0.334 e. The van der Waals surface area contributed by atoms with Crippen molar-refractivity contribution in [2.75, 3.05) is 13.2 Å². The second kappa shape index (κ2) is 25.8. The average molecular weight is 495 g/mol. The summed E-state index contributed by atoms with van der Waals surface area (Å²) in [5.41, 5.74) is 0.960. The molecular formula is C31H58O4. The van der Waals surface area contributed by atoms with Crippen LogP contribution in [0.3, 0.4) is 0 Å². The van der Waals surface area contributed by atoms with Crippen molar-refractivity contribution in [1.29, 1.82) is 0 Å². The van der Waals surface area contributed by atoms with E-state index < -0.39 is 0 Å². The Kier molecular flexibility index (Phi) is 24.8. The molecule has 0 aliphatic heterocycles. The summed E-state index contributed by atoms with van der Waals surface area (Å²) in [6.45, 7) is 9.26. The minimum Gasteiger partial charge on any atom is -0.462 e. The molecule has 0 N–H and O–H groups in total. The van der Waals surface area contributed by atoms with Gasteiger partial charge in [0.15, 0.2) is 0 Å². The van der Waals surface area contributed by atoms with Gasteiger partial charge in [0, 0.05) is 11.1 Å². The molecule has 0 saturated carbocycles. The summed E-state index contributed by atoms with van der Waals surface area (Å²) in [4.78, 5) is 25.5. The number of carbonyl (C=O) groups is 2. The van der Waals surface area contributed by atoms with Crippen LogP contribution in [-0.4, -0.2) is 25.2 Å². The van der Waals surface area contributed by atoms with Gasteiger partial charge < -0.3 is 9.47 Å². The van der Waals surface area contributed by atoms with Gasteiger partial charge in [-0.1, -0.05) is 130 Å². The summed E-state index contributed by atoms with van der Waals surface area (Å²) in [5.74, 6) is -0.680. The summed E-state index contributed by atoms with van der Waals surface area (Å²) in [5, 5.41) is 0. The number of ether oxygens (including phenoxy) is 2. The molecule has 0 radical (unpaired) electrons. The highest BCUT2D eigenvalue weighted by Crippen LogP contribution is 2.19. The van der Waals surface area contributed by atoms with Crippen molar-refractivity contribution in [3.8, 4) is 0 Å². The van der Waals surface area contributed by atoms with E-state index in [0.717, 1.165) is 38.5 Å². The summed E-state index contributed by atoms with van der Waals surface area (Å²) in [6, 6.07) is 0. The molecule has 206 valence electrons. The SMILES string of the molecule is CCCCCCCCCC/C(C(=O)OCCCCCCCC)=C(\C)C(=O)OCCCCCCCC. The number of hydrogen-bond donors (Lipinski definition) is 0. The third kappa shape index (κ3) is 20.6. The summed E-state index contributed by atoms with van der Waals surface area (Å²) in [6.07, 6.45) is 24.1. The molecule has 0 aliphatic carbocycles. The van der Waals surface area contributed by atoms with Crippen LogP contribution in [0.1, 0.15) is 163 Å². The maximum absolute atomic E-state index is 12.9. The van der Waals surface area contributed by atoms with Crippen LogP contribution in [-0.2, 0) is 19.1 Å². The van der Waals surface area contributed by atoms with Crippen molar-refractivity contribution < 1.29 is 19.1 Å². The lowest BCUT2D eigenvalue weighted by atomic mass is 10.0. The van der Waals surface area contributed by atoms with Crippen LogP contribution in [0.4, 0.5) is 0 Å². The second-order valence-electron chi connectivity index (χ2n) is 10.1. The highest BCUT2D eigenvalue weighted by molar-refractivity contribution is 5.99. The lowest BCUT2D eigenvalue weighted by Crippen LogP contribution is -2.16. The fraction of sp³-hybridized carbons (Fsp3) is 0.871. The lowest BCUT2D eigenvalue weighted by molar-refractivity contribution is -0.142. The molecule has 35 heavy (non-hydrogen) atoms. The fourth-order valence-corrected chi connectivity index (χ4v) is 4.29. The highest BCUT2D eigenvalue weighted by Gasteiger charge is 2.20. The van der Waals surface area contributed by atoms with Crippen LogP contribution in [0.5, 0.6) is 0 Å². The van der Waals surface area contributed by atoms with Gasteiger partial charge in [0.05, 0.1) is 13.2 Å².